The van der Waals surface area contributed by atoms with Gasteiger partial charge in [0, 0.05) is 26.8 Å². The molecule has 1 heterocycles. The smallest absolute Gasteiger partial charge is 0.239 e. The van der Waals surface area contributed by atoms with E-state index in [1.54, 1.807) is 4.90 Å². The first-order chi connectivity index (χ1) is 9.68. The molecule has 110 valence electrons. The van der Waals surface area contributed by atoms with Gasteiger partial charge in [-0.15, -0.1) is 0 Å². The van der Waals surface area contributed by atoms with Crippen molar-refractivity contribution in [1.29, 1.82) is 0 Å². The van der Waals surface area contributed by atoms with Gasteiger partial charge in [-0.2, -0.15) is 0 Å². The van der Waals surface area contributed by atoms with Crippen molar-refractivity contribution >= 4 is 5.91 Å². The Hall–Kier alpha value is -1.39. The molecule has 1 aliphatic rings. The van der Waals surface area contributed by atoms with Crippen molar-refractivity contribution in [3.8, 4) is 0 Å². The molecule has 1 aromatic carbocycles. The topological polar surface area (TPSA) is 55.6 Å². The normalized spacial score (nSPS) is 17.7. The van der Waals surface area contributed by atoms with Crippen molar-refractivity contribution in [1.82, 2.24) is 4.90 Å². The molecule has 1 atom stereocenters. The monoisotopic (exact) mass is 276 g/mol. The first kappa shape index (κ1) is 15.0. The molecule has 1 saturated heterocycles. The molecule has 20 heavy (non-hydrogen) atoms. The number of amides is 1. The highest BCUT2D eigenvalue weighted by Crippen LogP contribution is 2.18. The molecule has 4 nitrogen and oxygen atoms in total. The molecule has 2 rings (SSSR count). The zero-order valence-electron chi connectivity index (χ0n) is 12.1. The van der Waals surface area contributed by atoms with Crippen LogP contribution in [0.5, 0.6) is 0 Å². The van der Waals surface area contributed by atoms with Gasteiger partial charge in [-0.3, -0.25) is 4.79 Å². The summed E-state index contributed by atoms with van der Waals surface area (Å²) in [6.45, 7) is 2.15. The molecule has 0 aromatic heterocycles. The number of rotatable bonds is 5. The van der Waals surface area contributed by atoms with Crippen LogP contribution in [0.4, 0.5) is 0 Å². The summed E-state index contributed by atoms with van der Waals surface area (Å²) < 4.78 is 5.31. The van der Waals surface area contributed by atoms with Crippen LogP contribution in [0.1, 0.15) is 18.4 Å². The lowest BCUT2D eigenvalue weighted by Gasteiger charge is -2.29. The minimum atomic E-state index is -0.389. The van der Waals surface area contributed by atoms with Crippen LogP contribution in [0, 0.1) is 5.92 Å². The number of carbonyl (C=O) groups excluding carboxylic acids is 1. The van der Waals surface area contributed by atoms with Crippen molar-refractivity contribution in [2.75, 3.05) is 26.8 Å². The maximum Gasteiger partial charge on any atom is 0.239 e. The molecule has 0 aliphatic carbocycles. The fourth-order valence-corrected chi connectivity index (χ4v) is 2.58. The standard InChI is InChI=1S/C16H24N2O2/c1-18(10-7-13-5-3-2-4-6-13)16(19)15(17)14-8-11-20-12-9-14/h2-6,14-15H,7-12,17H2,1H3. The van der Waals surface area contributed by atoms with Crippen LogP contribution in [0.2, 0.25) is 0 Å². The first-order valence-corrected chi connectivity index (χ1v) is 7.30. The number of carbonyl (C=O) groups is 1. The second-order valence-corrected chi connectivity index (χ2v) is 5.47. The lowest BCUT2D eigenvalue weighted by Crippen LogP contribution is -2.48. The van der Waals surface area contributed by atoms with E-state index in [2.05, 4.69) is 12.1 Å². The SMILES string of the molecule is CN(CCc1ccccc1)C(=O)C(N)C1CCOCC1. The second-order valence-electron chi connectivity index (χ2n) is 5.47. The number of nitrogens with zero attached hydrogens (tertiary/aromatic N) is 1. The molecule has 1 aromatic rings. The molecule has 0 radical (unpaired) electrons. The van der Waals surface area contributed by atoms with Crippen molar-refractivity contribution in [2.45, 2.75) is 25.3 Å². The molecular formula is C16H24N2O2. The fourth-order valence-electron chi connectivity index (χ4n) is 2.58. The van der Waals surface area contributed by atoms with E-state index in [9.17, 15) is 4.79 Å². The van der Waals surface area contributed by atoms with E-state index in [1.165, 1.54) is 5.56 Å². The van der Waals surface area contributed by atoms with Gasteiger partial charge in [-0.1, -0.05) is 30.3 Å². The van der Waals surface area contributed by atoms with Crippen LogP contribution in [0.25, 0.3) is 0 Å². The zero-order chi connectivity index (χ0) is 14.4. The molecule has 1 fully saturated rings. The van der Waals surface area contributed by atoms with Gasteiger partial charge in [-0.05, 0) is 30.7 Å². The van der Waals surface area contributed by atoms with Crippen molar-refractivity contribution < 1.29 is 9.53 Å². The summed E-state index contributed by atoms with van der Waals surface area (Å²) in [5, 5.41) is 0. The van der Waals surface area contributed by atoms with Gasteiger partial charge in [0.2, 0.25) is 5.91 Å². The van der Waals surface area contributed by atoms with Gasteiger partial charge >= 0.3 is 0 Å². The molecule has 1 aliphatic heterocycles. The summed E-state index contributed by atoms with van der Waals surface area (Å²) in [5.41, 5.74) is 7.36. The van der Waals surface area contributed by atoms with E-state index in [-0.39, 0.29) is 17.9 Å². The third-order valence-corrected chi connectivity index (χ3v) is 4.01. The Balaban J connectivity index is 1.81. The predicted octanol–water partition coefficient (Wildman–Crippen LogP) is 1.44. The third kappa shape index (κ3) is 4.05. The van der Waals surface area contributed by atoms with Crippen LogP contribution in [0.3, 0.4) is 0 Å². The fraction of sp³-hybridized carbons (Fsp3) is 0.562. The maximum atomic E-state index is 12.3. The summed E-state index contributed by atoms with van der Waals surface area (Å²) in [6, 6.07) is 9.81. The van der Waals surface area contributed by atoms with Crippen molar-refractivity contribution in [3.63, 3.8) is 0 Å². The quantitative estimate of drug-likeness (QED) is 0.885. The Morgan fingerprint density at radius 3 is 2.65 bits per heavy atom. The molecule has 4 heteroatoms. The Morgan fingerprint density at radius 2 is 2.00 bits per heavy atom. The summed E-state index contributed by atoms with van der Waals surface area (Å²) in [7, 11) is 1.84. The third-order valence-electron chi connectivity index (χ3n) is 4.01. The lowest BCUT2D eigenvalue weighted by molar-refractivity contribution is -0.133. The maximum absolute atomic E-state index is 12.3. The molecule has 0 bridgehead atoms. The number of hydrogen-bond acceptors (Lipinski definition) is 3. The lowest BCUT2D eigenvalue weighted by atomic mass is 9.91. The first-order valence-electron chi connectivity index (χ1n) is 7.30. The zero-order valence-corrected chi connectivity index (χ0v) is 12.1. The highest BCUT2D eigenvalue weighted by atomic mass is 16.5. The van der Waals surface area contributed by atoms with Gasteiger partial charge in [-0.25, -0.2) is 0 Å². The van der Waals surface area contributed by atoms with Gasteiger partial charge in [0.25, 0.3) is 0 Å². The summed E-state index contributed by atoms with van der Waals surface area (Å²) in [6.07, 6.45) is 2.64. The largest absolute Gasteiger partial charge is 0.381 e. The second kappa shape index (κ2) is 7.41. The Morgan fingerprint density at radius 1 is 1.35 bits per heavy atom. The van der Waals surface area contributed by atoms with E-state index >= 15 is 0 Å². The van der Waals surface area contributed by atoms with Crippen molar-refractivity contribution in [3.05, 3.63) is 35.9 Å². The van der Waals surface area contributed by atoms with Crippen LogP contribution in [0.15, 0.2) is 30.3 Å². The van der Waals surface area contributed by atoms with Crippen molar-refractivity contribution in [2.24, 2.45) is 11.7 Å². The summed E-state index contributed by atoms with van der Waals surface area (Å²) in [5.74, 6) is 0.309. The molecule has 1 unspecified atom stereocenters. The molecule has 2 N–H and O–H groups in total. The summed E-state index contributed by atoms with van der Waals surface area (Å²) >= 11 is 0. The minimum Gasteiger partial charge on any atom is -0.381 e. The number of hydrogen-bond donors (Lipinski definition) is 1. The van der Waals surface area contributed by atoms with E-state index in [1.807, 2.05) is 25.2 Å². The van der Waals surface area contributed by atoms with E-state index < -0.39 is 0 Å². The molecule has 1 amide bonds. The van der Waals surface area contributed by atoms with Gasteiger partial charge < -0.3 is 15.4 Å². The number of ether oxygens (including phenoxy) is 1. The Kier molecular flexibility index (Phi) is 5.56. The highest BCUT2D eigenvalue weighted by Gasteiger charge is 2.28. The van der Waals surface area contributed by atoms with Crippen LogP contribution < -0.4 is 5.73 Å². The average molecular weight is 276 g/mol. The molecule has 0 saturated carbocycles. The Labute approximate surface area is 120 Å². The van der Waals surface area contributed by atoms with Crippen LogP contribution >= 0.6 is 0 Å². The number of benzene rings is 1. The number of nitrogens with two attached hydrogens (primary N) is 1. The van der Waals surface area contributed by atoms with E-state index in [0.29, 0.717) is 6.54 Å². The van der Waals surface area contributed by atoms with Gasteiger partial charge in [0.15, 0.2) is 0 Å². The van der Waals surface area contributed by atoms with Gasteiger partial charge in [0.1, 0.15) is 0 Å². The van der Waals surface area contributed by atoms with Crippen LogP contribution in [-0.2, 0) is 16.0 Å². The average Bonchev–Trinajstić information content (AvgIpc) is 2.53. The van der Waals surface area contributed by atoms with E-state index in [4.69, 9.17) is 10.5 Å². The molecular weight excluding hydrogens is 252 g/mol. The Bertz CT molecular complexity index is 416. The van der Waals surface area contributed by atoms with Gasteiger partial charge in [0.05, 0.1) is 6.04 Å². The summed E-state index contributed by atoms with van der Waals surface area (Å²) in [4.78, 5) is 14.1. The minimum absolute atomic E-state index is 0.0489. The predicted molar refractivity (Wildman–Crippen MR) is 79.3 cm³/mol. The highest BCUT2D eigenvalue weighted by molar-refractivity contribution is 5.81. The van der Waals surface area contributed by atoms with E-state index in [0.717, 1.165) is 32.5 Å². The van der Waals surface area contributed by atoms with Crippen LogP contribution in [-0.4, -0.2) is 43.7 Å². The number of likely N-dealkylation sites (N-methyl/N-ethyl adjacent to an activating group) is 1. The molecule has 0 spiro atoms.